The van der Waals surface area contributed by atoms with Crippen molar-refractivity contribution in [2.75, 3.05) is 19.6 Å². The van der Waals surface area contributed by atoms with Gasteiger partial charge in [-0.3, -0.25) is 4.79 Å². The van der Waals surface area contributed by atoms with Crippen LogP contribution in [0.4, 0.5) is 0 Å². The van der Waals surface area contributed by atoms with Gasteiger partial charge in [0.15, 0.2) is 0 Å². The Morgan fingerprint density at radius 1 is 1.16 bits per heavy atom. The molecule has 2 fully saturated rings. The molecule has 1 heterocycles. The Morgan fingerprint density at radius 3 is 2.32 bits per heavy atom. The van der Waals surface area contributed by atoms with Crippen LogP contribution in [0.3, 0.4) is 0 Å². The molecule has 2 aliphatic rings. The molecule has 1 amide bonds. The average molecular weight is 266 g/mol. The van der Waals surface area contributed by atoms with Crippen molar-refractivity contribution in [1.82, 2.24) is 10.2 Å². The highest BCUT2D eigenvalue weighted by molar-refractivity contribution is 5.76. The maximum Gasteiger partial charge on any atom is 0.222 e. The highest BCUT2D eigenvalue weighted by atomic mass is 16.2. The number of rotatable bonds is 6. The number of piperidine rings is 1. The van der Waals surface area contributed by atoms with Crippen molar-refractivity contribution in [3.05, 3.63) is 0 Å². The van der Waals surface area contributed by atoms with Gasteiger partial charge >= 0.3 is 0 Å². The van der Waals surface area contributed by atoms with Gasteiger partial charge in [-0.2, -0.15) is 0 Å². The molecule has 110 valence electrons. The summed E-state index contributed by atoms with van der Waals surface area (Å²) in [5, 5.41) is 3.66. The maximum atomic E-state index is 12.2. The Labute approximate surface area is 118 Å². The number of nitrogens with one attached hydrogen (secondary N) is 1. The third-order valence-electron chi connectivity index (χ3n) is 4.87. The first-order valence-corrected chi connectivity index (χ1v) is 8.07. The van der Waals surface area contributed by atoms with Crippen molar-refractivity contribution >= 4 is 5.91 Å². The van der Waals surface area contributed by atoms with Crippen molar-refractivity contribution in [2.45, 2.75) is 58.9 Å². The van der Waals surface area contributed by atoms with Gasteiger partial charge in [-0.15, -0.1) is 0 Å². The molecule has 19 heavy (non-hydrogen) atoms. The number of nitrogens with zero attached hydrogens (tertiary/aromatic N) is 1. The topological polar surface area (TPSA) is 32.3 Å². The standard InChI is InChI=1S/C16H30N2O/c1-12(2)13(3)10-16(19)18-8-6-15(7-9-18)17-11-14-4-5-14/h12-15,17H,4-11H2,1-3H3. The minimum absolute atomic E-state index is 0.363. The number of carbonyl (C=O) groups excluding carboxylic acids is 1. The molecule has 1 unspecified atom stereocenters. The predicted molar refractivity (Wildman–Crippen MR) is 78.9 cm³/mol. The van der Waals surface area contributed by atoms with E-state index in [2.05, 4.69) is 31.0 Å². The third-order valence-corrected chi connectivity index (χ3v) is 4.87. The molecule has 0 bridgehead atoms. The van der Waals surface area contributed by atoms with Crippen LogP contribution in [-0.2, 0) is 4.79 Å². The smallest absolute Gasteiger partial charge is 0.222 e. The molecule has 1 saturated carbocycles. The van der Waals surface area contributed by atoms with E-state index in [1.807, 2.05) is 0 Å². The van der Waals surface area contributed by atoms with E-state index >= 15 is 0 Å². The van der Waals surface area contributed by atoms with Crippen molar-refractivity contribution in [1.29, 1.82) is 0 Å². The highest BCUT2D eigenvalue weighted by Crippen LogP contribution is 2.28. The minimum atomic E-state index is 0.363. The molecule has 2 rings (SSSR count). The summed E-state index contributed by atoms with van der Waals surface area (Å²) in [7, 11) is 0. The van der Waals surface area contributed by atoms with Gasteiger partial charge in [0.25, 0.3) is 0 Å². The molecular formula is C16H30N2O. The van der Waals surface area contributed by atoms with Crippen LogP contribution in [-0.4, -0.2) is 36.5 Å². The van der Waals surface area contributed by atoms with Crippen molar-refractivity contribution in [2.24, 2.45) is 17.8 Å². The Hall–Kier alpha value is -0.570. The van der Waals surface area contributed by atoms with E-state index in [9.17, 15) is 4.79 Å². The summed E-state index contributed by atoms with van der Waals surface area (Å²) in [5.41, 5.74) is 0. The van der Waals surface area contributed by atoms with Gasteiger partial charge in [0.2, 0.25) is 5.91 Å². The van der Waals surface area contributed by atoms with E-state index in [-0.39, 0.29) is 0 Å². The number of hydrogen-bond donors (Lipinski definition) is 1. The summed E-state index contributed by atoms with van der Waals surface area (Å²) >= 11 is 0. The van der Waals surface area contributed by atoms with Crippen LogP contribution in [0.5, 0.6) is 0 Å². The van der Waals surface area contributed by atoms with Crippen LogP contribution in [0.2, 0.25) is 0 Å². The quantitative estimate of drug-likeness (QED) is 0.801. The zero-order valence-corrected chi connectivity index (χ0v) is 12.8. The molecule has 3 nitrogen and oxygen atoms in total. The number of carbonyl (C=O) groups is 1. The van der Waals surface area contributed by atoms with E-state index in [0.717, 1.165) is 38.3 Å². The molecule has 1 saturated heterocycles. The third kappa shape index (κ3) is 4.79. The second-order valence-electron chi connectivity index (χ2n) is 6.93. The monoisotopic (exact) mass is 266 g/mol. The Kier molecular flexibility index (Phi) is 5.26. The van der Waals surface area contributed by atoms with E-state index in [1.165, 1.54) is 19.4 Å². The first kappa shape index (κ1) is 14.8. The van der Waals surface area contributed by atoms with Gasteiger partial charge in [-0.1, -0.05) is 20.8 Å². The fourth-order valence-corrected chi connectivity index (χ4v) is 2.63. The van der Waals surface area contributed by atoms with Crippen LogP contribution in [0.25, 0.3) is 0 Å². The molecule has 0 aromatic heterocycles. The van der Waals surface area contributed by atoms with Crippen LogP contribution >= 0.6 is 0 Å². The largest absolute Gasteiger partial charge is 0.343 e. The Bertz CT molecular complexity index is 291. The first-order chi connectivity index (χ1) is 9.06. The van der Waals surface area contributed by atoms with Crippen molar-refractivity contribution < 1.29 is 4.79 Å². The second-order valence-corrected chi connectivity index (χ2v) is 6.93. The van der Waals surface area contributed by atoms with Crippen molar-refractivity contribution in [3.8, 4) is 0 Å². The molecule has 3 heteroatoms. The van der Waals surface area contributed by atoms with Gasteiger partial charge in [0.1, 0.15) is 0 Å². The van der Waals surface area contributed by atoms with Gasteiger partial charge in [-0.05, 0) is 50.0 Å². The lowest BCUT2D eigenvalue weighted by molar-refractivity contribution is -0.133. The SMILES string of the molecule is CC(C)C(C)CC(=O)N1CCC(NCC2CC2)CC1. The second kappa shape index (κ2) is 6.74. The molecule has 1 aliphatic heterocycles. The zero-order chi connectivity index (χ0) is 13.8. The van der Waals surface area contributed by atoms with Crippen LogP contribution < -0.4 is 5.32 Å². The summed E-state index contributed by atoms with van der Waals surface area (Å²) in [6.07, 6.45) is 5.82. The molecule has 0 aromatic rings. The normalized spacial score (nSPS) is 22.8. The Balaban J connectivity index is 1.65. The molecule has 1 aliphatic carbocycles. The van der Waals surface area contributed by atoms with Gasteiger partial charge < -0.3 is 10.2 Å². The van der Waals surface area contributed by atoms with Crippen LogP contribution in [0.15, 0.2) is 0 Å². The lowest BCUT2D eigenvalue weighted by Crippen LogP contribution is -2.45. The summed E-state index contributed by atoms with van der Waals surface area (Å²) in [4.78, 5) is 14.3. The molecule has 1 N–H and O–H groups in total. The summed E-state index contributed by atoms with van der Waals surface area (Å²) < 4.78 is 0. The van der Waals surface area contributed by atoms with Gasteiger partial charge in [0.05, 0.1) is 0 Å². The minimum Gasteiger partial charge on any atom is -0.343 e. The maximum absolute atomic E-state index is 12.2. The van der Waals surface area contributed by atoms with Crippen LogP contribution in [0, 0.1) is 17.8 Å². The van der Waals surface area contributed by atoms with Crippen molar-refractivity contribution in [3.63, 3.8) is 0 Å². The van der Waals surface area contributed by atoms with E-state index < -0.39 is 0 Å². The molecule has 1 atom stereocenters. The first-order valence-electron chi connectivity index (χ1n) is 8.07. The number of hydrogen-bond acceptors (Lipinski definition) is 2. The number of likely N-dealkylation sites (tertiary alicyclic amines) is 1. The molecular weight excluding hydrogens is 236 g/mol. The van der Waals surface area contributed by atoms with Crippen LogP contribution in [0.1, 0.15) is 52.9 Å². The molecule has 0 aromatic carbocycles. The fraction of sp³-hybridized carbons (Fsp3) is 0.938. The Morgan fingerprint density at radius 2 is 1.79 bits per heavy atom. The zero-order valence-electron chi connectivity index (χ0n) is 12.8. The van der Waals surface area contributed by atoms with Gasteiger partial charge in [0, 0.05) is 25.6 Å². The lowest BCUT2D eigenvalue weighted by Gasteiger charge is -2.33. The van der Waals surface area contributed by atoms with Gasteiger partial charge in [-0.25, -0.2) is 0 Å². The highest BCUT2D eigenvalue weighted by Gasteiger charge is 2.26. The summed E-state index contributed by atoms with van der Waals surface area (Å²) in [5.74, 6) is 2.41. The summed E-state index contributed by atoms with van der Waals surface area (Å²) in [6, 6.07) is 0.646. The number of amides is 1. The summed E-state index contributed by atoms with van der Waals surface area (Å²) in [6.45, 7) is 9.69. The lowest BCUT2D eigenvalue weighted by atomic mass is 9.93. The predicted octanol–water partition coefficient (Wildman–Crippen LogP) is 2.66. The van der Waals surface area contributed by atoms with E-state index in [0.29, 0.717) is 23.8 Å². The fourth-order valence-electron chi connectivity index (χ4n) is 2.63. The average Bonchev–Trinajstić information content (AvgIpc) is 3.20. The van der Waals surface area contributed by atoms with E-state index in [1.54, 1.807) is 0 Å². The molecule has 0 spiro atoms. The molecule has 0 radical (unpaired) electrons. The van der Waals surface area contributed by atoms with E-state index in [4.69, 9.17) is 0 Å².